The van der Waals surface area contributed by atoms with Crippen LogP contribution in [0.5, 0.6) is 0 Å². The molecule has 33 heavy (non-hydrogen) atoms. The van der Waals surface area contributed by atoms with E-state index in [9.17, 15) is 4.79 Å². The third-order valence-corrected chi connectivity index (χ3v) is 8.64. The van der Waals surface area contributed by atoms with Crippen molar-refractivity contribution in [2.45, 2.75) is 82.2 Å². The SMILES string of the molecule is CC([C@@H]1CCCN1C)n1ccc2c(Cl)nc(-c3noc4c3CCC[C@@]43CCCCC3=O)nc21. The molecule has 1 saturated carbocycles. The number of hydrogen-bond acceptors (Lipinski definition) is 6. The van der Waals surface area contributed by atoms with Crippen LogP contribution in [0.4, 0.5) is 0 Å². The molecule has 3 aliphatic rings. The number of ketones is 1. The fraction of sp³-hybridized carbons (Fsp3) is 0.600. The Labute approximate surface area is 198 Å². The number of Topliss-reactive ketones (excluding diaryl/α,β-unsaturated/α-hetero) is 1. The second-order valence-electron chi connectivity index (χ2n) is 10.1. The van der Waals surface area contributed by atoms with Gasteiger partial charge in [0.2, 0.25) is 0 Å². The normalized spacial score (nSPS) is 26.9. The van der Waals surface area contributed by atoms with Gasteiger partial charge in [-0.05, 0) is 71.5 Å². The average molecular weight is 468 g/mol. The molecule has 2 aliphatic carbocycles. The molecule has 0 radical (unpaired) electrons. The van der Waals surface area contributed by atoms with E-state index >= 15 is 0 Å². The Morgan fingerprint density at radius 2 is 2.03 bits per heavy atom. The first-order valence-corrected chi connectivity index (χ1v) is 12.6. The van der Waals surface area contributed by atoms with Crippen molar-refractivity contribution in [3.63, 3.8) is 0 Å². The molecule has 8 heteroatoms. The summed E-state index contributed by atoms with van der Waals surface area (Å²) in [6, 6.07) is 2.74. The van der Waals surface area contributed by atoms with E-state index in [1.165, 1.54) is 12.8 Å². The quantitative estimate of drug-likeness (QED) is 0.498. The van der Waals surface area contributed by atoms with Crippen molar-refractivity contribution in [1.29, 1.82) is 0 Å². The van der Waals surface area contributed by atoms with E-state index in [1.54, 1.807) is 0 Å². The minimum absolute atomic E-state index is 0.267. The summed E-state index contributed by atoms with van der Waals surface area (Å²) in [5, 5.41) is 5.70. The van der Waals surface area contributed by atoms with Crippen LogP contribution in [0.2, 0.25) is 5.15 Å². The Kier molecular flexibility index (Phi) is 5.11. The van der Waals surface area contributed by atoms with E-state index in [0.717, 1.165) is 67.4 Å². The van der Waals surface area contributed by atoms with Crippen molar-refractivity contribution in [3.05, 3.63) is 28.7 Å². The number of aromatic nitrogens is 4. The lowest BCUT2D eigenvalue weighted by atomic mass is 9.64. The van der Waals surface area contributed by atoms with E-state index in [1.807, 2.05) is 6.07 Å². The first-order chi connectivity index (χ1) is 16.0. The van der Waals surface area contributed by atoms with Crippen LogP contribution in [0.25, 0.3) is 22.6 Å². The van der Waals surface area contributed by atoms with Gasteiger partial charge in [0.05, 0.1) is 10.8 Å². The van der Waals surface area contributed by atoms with Crippen LogP contribution in [0.15, 0.2) is 16.8 Å². The highest BCUT2D eigenvalue weighted by atomic mass is 35.5. The van der Waals surface area contributed by atoms with E-state index in [2.05, 4.69) is 39.8 Å². The molecular weight excluding hydrogens is 438 g/mol. The van der Waals surface area contributed by atoms with Gasteiger partial charge in [0.1, 0.15) is 16.6 Å². The summed E-state index contributed by atoms with van der Waals surface area (Å²) in [4.78, 5) is 25.0. The van der Waals surface area contributed by atoms with Crippen LogP contribution in [-0.4, -0.2) is 50.0 Å². The molecule has 3 atom stereocenters. The number of nitrogens with zero attached hydrogens (tertiary/aromatic N) is 5. The first kappa shape index (κ1) is 21.3. The lowest BCUT2D eigenvalue weighted by Gasteiger charge is -2.36. The number of carbonyl (C=O) groups excluding carboxylic acids is 1. The van der Waals surface area contributed by atoms with Gasteiger partial charge in [-0.1, -0.05) is 23.2 Å². The molecule has 7 nitrogen and oxygen atoms in total. The second kappa shape index (κ2) is 7.91. The summed E-state index contributed by atoms with van der Waals surface area (Å²) in [5.41, 5.74) is 1.96. The van der Waals surface area contributed by atoms with Crippen LogP contribution < -0.4 is 0 Å². The number of halogens is 1. The standard InChI is InChI=1S/C25H30ClN5O2/c1-15(18-8-6-13-30(18)2)31-14-10-17-22(26)27-23(28-24(17)31)20-16-7-5-12-25(21(16)33-29-20)11-4-3-9-19(25)32/h10,14-15,18H,3-9,11-13H2,1-2H3/t15?,18-,25+/m0/s1. The van der Waals surface area contributed by atoms with Crippen LogP contribution in [0.1, 0.15) is 75.7 Å². The molecule has 0 amide bonds. The van der Waals surface area contributed by atoms with Gasteiger partial charge >= 0.3 is 0 Å². The Bertz CT molecular complexity index is 1230. The van der Waals surface area contributed by atoms with E-state index in [0.29, 0.717) is 34.9 Å². The first-order valence-electron chi connectivity index (χ1n) is 12.3. The number of likely N-dealkylation sites (N-methyl/N-ethyl adjacent to an activating group) is 1. The van der Waals surface area contributed by atoms with Crippen LogP contribution in [0, 0.1) is 0 Å². The van der Waals surface area contributed by atoms with Gasteiger partial charge < -0.3 is 14.0 Å². The fourth-order valence-electron chi connectivity index (χ4n) is 6.53. The fourth-order valence-corrected chi connectivity index (χ4v) is 6.76. The summed E-state index contributed by atoms with van der Waals surface area (Å²) in [6.45, 7) is 3.37. The smallest absolute Gasteiger partial charge is 0.185 e. The van der Waals surface area contributed by atoms with Crippen molar-refractivity contribution >= 4 is 28.4 Å². The zero-order chi connectivity index (χ0) is 22.7. The van der Waals surface area contributed by atoms with Gasteiger partial charge in [-0.3, -0.25) is 4.79 Å². The third kappa shape index (κ3) is 3.19. The van der Waals surface area contributed by atoms with Gasteiger partial charge in [-0.15, -0.1) is 0 Å². The number of likely N-dealkylation sites (tertiary alicyclic amines) is 1. The molecule has 2 fully saturated rings. The molecule has 6 rings (SSSR count). The van der Waals surface area contributed by atoms with Gasteiger partial charge in [-0.25, -0.2) is 9.97 Å². The van der Waals surface area contributed by atoms with Gasteiger partial charge in [-0.2, -0.15) is 0 Å². The maximum absolute atomic E-state index is 13.0. The molecule has 1 unspecified atom stereocenters. The lowest BCUT2D eigenvalue weighted by molar-refractivity contribution is -0.128. The van der Waals surface area contributed by atoms with Crippen molar-refractivity contribution in [2.24, 2.45) is 0 Å². The highest BCUT2D eigenvalue weighted by Gasteiger charge is 2.48. The zero-order valence-electron chi connectivity index (χ0n) is 19.3. The molecule has 3 aromatic rings. The Morgan fingerprint density at radius 1 is 1.18 bits per heavy atom. The summed E-state index contributed by atoms with van der Waals surface area (Å²) in [7, 11) is 2.19. The summed E-state index contributed by atoms with van der Waals surface area (Å²) in [5.74, 6) is 1.55. The molecule has 174 valence electrons. The minimum atomic E-state index is -0.507. The predicted octanol–water partition coefficient (Wildman–Crippen LogP) is 5.11. The average Bonchev–Trinajstić information content (AvgIpc) is 3.54. The highest BCUT2D eigenvalue weighted by Crippen LogP contribution is 2.47. The Morgan fingerprint density at radius 3 is 2.82 bits per heavy atom. The van der Waals surface area contributed by atoms with Gasteiger partial charge in [0, 0.05) is 30.3 Å². The van der Waals surface area contributed by atoms with E-state index in [-0.39, 0.29) is 6.04 Å². The van der Waals surface area contributed by atoms with Crippen molar-refractivity contribution in [3.8, 4) is 11.5 Å². The predicted molar refractivity (Wildman–Crippen MR) is 126 cm³/mol. The van der Waals surface area contributed by atoms with Crippen molar-refractivity contribution in [1.82, 2.24) is 24.6 Å². The number of carbonyl (C=O) groups is 1. The van der Waals surface area contributed by atoms with Crippen LogP contribution in [0.3, 0.4) is 0 Å². The van der Waals surface area contributed by atoms with Crippen molar-refractivity contribution < 1.29 is 9.32 Å². The summed E-state index contributed by atoms with van der Waals surface area (Å²) < 4.78 is 8.12. The van der Waals surface area contributed by atoms with Crippen LogP contribution in [-0.2, 0) is 16.6 Å². The molecule has 3 aromatic heterocycles. The van der Waals surface area contributed by atoms with Gasteiger partial charge in [0.25, 0.3) is 0 Å². The number of fused-ring (bicyclic) bond motifs is 3. The lowest BCUT2D eigenvalue weighted by Crippen LogP contribution is -2.41. The van der Waals surface area contributed by atoms with E-state index in [4.69, 9.17) is 21.1 Å². The molecule has 0 N–H and O–H groups in total. The minimum Gasteiger partial charge on any atom is -0.359 e. The summed E-state index contributed by atoms with van der Waals surface area (Å²) in [6.07, 6.45) is 10.6. The maximum Gasteiger partial charge on any atom is 0.185 e. The molecule has 0 bridgehead atoms. The zero-order valence-corrected chi connectivity index (χ0v) is 20.1. The monoisotopic (exact) mass is 467 g/mol. The second-order valence-corrected chi connectivity index (χ2v) is 10.5. The van der Waals surface area contributed by atoms with E-state index < -0.39 is 5.41 Å². The molecule has 1 aliphatic heterocycles. The number of hydrogen-bond donors (Lipinski definition) is 0. The number of rotatable bonds is 3. The maximum atomic E-state index is 13.0. The summed E-state index contributed by atoms with van der Waals surface area (Å²) >= 11 is 6.65. The molecule has 1 saturated heterocycles. The Hall–Kier alpha value is -2.25. The molecule has 0 aromatic carbocycles. The van der Waals surface area contributed by atoms with Crippen molar-refractivity contribution in [2.75, 3.05) is 13.6 Å². The molecular formula is C25H30ClN5O2. The topological polar surface area (TPSA) is 77.0 Å². The van der Waals surface area contributed by atoms with Gasteiger partial charge in [0.15, 0.2) is 17.3 Å². The van der Waals surface area contributed by atoms with Crippen LogP contribution >= 0.6 is 11.6 Å². The Balaban J connectivity index is 1.44. The molecule has 4 heterocycles. The highest BCUT2D eigenvalue weighted by molar-refractivity contribution is 6.34. The largest absolute Gasteiger partial charge is 0.359 e. The third-order valence-electron chi connectivity index (χ3n) is 8.35. The molecule has 1 spiro atoms.